The number of nitrogens with one attached hydrogen (secondary N) is 1. The standard InChI is InChI=1S/C24H30N2OS/c27-24(22-7-3-1-4-8-22)14-11-21-9-12-23(13-10-21)28-20-6-2-5-17-26-18-15-25-16-19-26/h1,3-4,7-14,25H,2,5-6,15-20H2/b14-11+. The summed E-state index contributed by atoms with van der Waals surface area (Å²) in [6.45, 7) is 5.93. The Hall–Kier alpha value is -1.88. The molecule has 28 heavy (non-hydrogen) atoms. The minimum Gasteiger partial charge on any atom is -0.314 e. The third-order valence-electron chi connectivity index (χ3n) is 4.96. The van der Waals surface area contributed by atoms with Crippen LogP contribution >= 0.6 is 11.8 Å². The number of hydrogen-bond donors (Lipinski definition) is 1. The number of piperazine rings is 1. The fraction of sp³-hybridized carbons (Fsp3) is 0.375. The number of nitrogens with zero attached hydrogens (tertiary/aromatic N) is 1. The second-order valence-electron chi connectivity index (χ2n) is 7.13. The molecule has 1 aliphatic heterocycles. The van der Waals surface area contributed by atoms with E-state index in [0.717, 1.165) is 24.2 Å². The van der Waals surface area contributed by atoms with Crippen LogP contribution in [-0.4, -0.2) is 49.2 Å². The Balaban J connectivity index is 1.33. The minimum atomic E-state index is 0.0415. The van der Waals surface area contributed by atoms with Gasteiger partial charge in [0.05, 0.1) is 0 Å². The summed E-state index contributed by atoms with van der Waals surface area (Å²) in [5.74, 6) is 1.21. The first-order valence-corrected chi connectivity index (χ1v) is 11.2. The quantitative estimate of drug-likeness (QED) is 0.273. The molecule has 3 rings (SSSR count). The van der Waals surface area contributed by atoms with Gasteiger partial charge in [-0.05, 0) is 48.9 Å². The number of carbonyl (C=O) groups is 1. The molecule has 4 heteroatoms. The van der Waals surface area contributed by atoms with Crippen LogP contribution in [0.2, 0.25) is 0 Å². The SMILES string of the molecule is O=C(/C=C/c1ccc(SCCCCCN2CCNCC2)cc1)c1ccccc1. The molecule has 0 aromatic heterocycles. The van der Waals surface area contributed by atoms with Crippen molar-refractivity contribution in [1.29, 1.82) is 0 Å². The van der Waals surface area contributed by atoms with Crippen LogP contribution in [0.3, 0.4) is 0 Å². The van der Waals surface area contributed by atoms with Crippen LogP contribution in [0.1, 0.15) is 35.2 Å². The Kier molecular flexibility index (Phi) is 8.82. The molecule has 1 fully saturated rings. The largest absolute Gasteiger partial charge is 0.314 e. The number of hydrogen-bond acceptors (Lipinski definition) is 4. The summed E-state index contributed by atoms with van der Waals surface area (Å²) in [5.41, 5.74) is 1.78. The number of thioether (sulfide) groups is 1. The molecule has 0 aliphatic carbocycles. The Bertz CT molecular complexity index is 737. The summed E-state index contributed by atoms with van der Waals surface area (Å²) in [4.78, 5) is 16.0. The highest BCUT2D eigenvalue weighted by Gasteiger charge is 2.08. The fourth-order valence-electron chi connectivity index (χ4n) is 3.28. The average Bonchev–Trinajstić information content (AvgIpc) is 2.76. The third-order valence-corrected chi connectivity index (χ3v) is 6.06. The first-order chi connectivity index (χ1) is 13.8. The molecule has 0 bridgehead atoms. The van der Waals surface area contributed by atoms with E-state index in [4.69, 9.17) is 0 Å². The van der Waals surface area contributed by atoms with E-state index in [1.165, 1.54) is 49.5 Å². The van der Waals surface area contributed by atoms with Crippen LogP contribution in [0.15, 0.2) is 65.6 Å². The van der Waals surface area contributed by atoms with E-state index in [1.807, 2.05) is 48.2 Å². The molecule has 0 saturated carbocycles. The van der Waals surface area contributed by atoms with Crippen LogP contribution in [0.4, 0.5) is 0 Å². The normalized spacial score (nSPS) is 15.1. The molecule has 3 nitrogen and oxygen atoms in total. The van der Waals surface area contributed by atoms with E-state index in [2.05, 4.69) is 34.5 Å². The van der Waals surface area contributed by atoms with Crippen LogP contribution in [0.5, 0.6) is 0 Å². The summed E-state index contributed by atoms with van der Waals surface area (Å²) >= 11 is 1.92. The smallest absolute Gasteiger partial charge is 0.185 e. The maximum absolute atomic E-state index is 12.1. The molecule has 0 radical (unpaired) electrons. The molecule has 0 amide bonds. The lowest BCUT2D eigenvalue weighted by atomic mass is 10.1. The lowest BCUT2D eigenvalue weighted by molar-refractivity contribution is 0.104. The number of allylic oxidation sites excluding steroid dienone is 1. The van der Waals surface area contributed by atoms with Gasteiger partial charge in [-0.25, -0.2) is 0 Å². The topological polar surface area (TPSA) is 32.3 Å². The zero-order chi connectivity index (χ0) is 19.4. The molecule has 1 saturated heterocycles. The van der Waals surface area contributed by atoms with Gasteiger partial charge in [0.25, 0.3) is 0 Å². The highest BCUT2D eigenvalue weighted by Crippen LogP contribution is 2.20. The van der Waals surface area contributed by atoms with Crippen LogP contribution in [0.25, 0.3) is 6.08 Å². The molecule has 148 valence electrons. The maximum Gasteiger partial charge on any atom is 0.185 e. The first kappa shape index (κ1) is 20.8. The van der Waals surface area contributed by atoms with Gasteiger partial charge in [0.15, 0.2) is 5.78 Å². The summed E-state index contributed by atoms with van der Waals surface area (Å²) in [5, 5.41) is 3.40. The van der Waals surface area contributed by atoms with Crippen LogP contribution in [-0.2, 0) is 0 Å². The minimum absolute atomic E-state index is 0.0415. The van der Waals surface area contributed by atoms with Crippen LogP contribution in [0, 0.1) is 0 Å². The van der Waals surface area contributed by atoms with Crippen molar-refractivity contribution in [2.75, 3.05) is 38.5 Å². The highest BCUT2D eigenvalue weighted by molar-refractivity contribution is 7.99. The molecule has 1 N–H and O–H groups in total. The van der Waals surface area contributed by atoms with E-state index < -0.39 is 0 Å². The maximum atomic E-state index is 12.1. The van der Waals surface area contributed by atoms with Crippen LogP contribution < -0.4 is 5.32 Å². The Labute approximate surface area is 173 Å². The van der Waals surface area contributed by atoms with Crippen molar-refractivity contribution in [2.24, 2.45) is 0 Å². The van der Waals surface area contributed by atoms with Crippen molar-refractivity contribution in [3.8, 4) is 0 Å². The van der Waals surface area contributed by atoms with Gasteiger partial charge < -0.3 is 10.2 Å². The molecule has 2 aromatic carbocycles. The molecule has 1 heterocycles. The van der Waals surface area contributed by atoms with E-state index in [1.54, 1.807) is 6.08 Å². The van der Waals surface area contributed by atoms with E-state index in [-0.39, 0.29) is 5.78 Å². The van der Waals surface area contributed by atoms with Crippen molar-refractivity contribution in [3.05, 3.63) is 71.8 Å². The monoisotopic (exact) mass is 394 g/mol. The molecule has 2 aromatic rings. The van der Waals surface area contributed by atoms with Gasteiger partial charge >= 0.3 is 0 Å². The predicted octanol–water partition coefficient (Wildman–Crippen LogP) is 4.75. The lowest BCUT2D eigenvalue weighted by Gasteiger charge is -2.26. The summed E-state index contributed by atoms with van der Waals surface area (Å²) in [7, 11) is 0. The van der Waals surface area contributed by atoms with Gasteiger partial charge in [-0.15, -0.1) is 11.8 Å². The van der Waals surface area contributed by atoms with Crippen molar-refractivity contribution < 1.29 is 4.79 Å². The Morgan fingerprint density at radius 3 is 2.46 bits per heavy atom. The summed E-state index contributed by atoms with van der Waals surface area (Å²) in [6, 6.07) is 17.9. The number of benzene rings is 2. The van der Waals surface area contributed by atoms with Gasteiger partial charge in [-0.1, -0.05) is 55.0 Å². The second-order valence-corrected chi connectivity index (χ2v) is 8.30. The molecule has 0 atom stereocenters. The van der Waals surface area contributed by atoms with E-state index in [0.29, 0.717) is 0 Å². The van der Waals surface area contributed by atoms with Gasteiger partial charge in [-0.2, -0.15) is 0 Å². The van der Waals surface area contributed by atoms with Crippen molar-refractivity contribution in [1.82, 2.24) is 10.2 Å². The lowest BCUT2D eigenvalue weighted by Crippen LogP contribution is -2.43. The molecule has 0 unspecified atom stereocenters. The van der Waals surface area contributed by atoms with Gasteiger partial charge in [0.2, 0.25) is 0 Å². The Morgan fingerprint density at radius 1 is 0.964 bits per heavy atom. The fourth-order valence-corrected chi connectivity index (χ4v) is 4.20. The number of unbranched alkanes of at least 4 members (excludes halogenated alkanes) is 2. The summed E-state index contributed by atoms with van der Waals surface area (Å²) in [6.07, 6.45) is 7.42. The predicted molar refractivity (Wildman–Crippen MR) is 120 cm³/mol. The molecular weight excluding hydrogens is 364 g/mol. The van der Waals surface area contributed by atoms with Crippen molar-refractivity contribution in [2.45, 2.75) is 24.2 Å². The molecular formula is C24H30N2OS. The second kappa shape index (κ2) is 11.8. The summed E-state index contributed by atoms with van der Waals surface area (Å²) < 4.78 is 0. The molecule has 0 spiro atoms. The third kappa shape index (κ3) is 7.27. The van der Waals surface area contributed by atoms with E-state index >= 15 is 0 Å². The van der Waals surface area contributed by atoms with Crippen molar-refractivity contribution in [3.63, 3.8) is 0 Å². The van der Waals surface area contributed by atoms with Gasteiger partial charge in [-0.3, -0.25) is 4.79 Å². The zero-order valence-electron chi connectivity index (χ0n) is 16.5. The number of carbonyl (C=O) groups excluding carboxylic acids is 1. The van der Waals surface area contributed by atoms with Gasteiger partial charge in [0, 0.05) is 36.6 Å². The number of ketones is 1. The van der Waals surface area contributed by atoms with E-state index in [9.17, 15) is 4.79 Å². The highest BCUT2D eigenvalue weighted by atomic mass is 32.2. The Morgan fingerprint density at radius 2 is 1.71 bits per heavy atom. The first-order valence-electron chi connectivity index (χ1n) is 10.2. The number of rotatable bonds is 10. The van der Waals surface area contributed by atoms with Gasteiger partial charge in [0.1, 0.15) is 0 Å². The average molecular weight is 395 g/mol. The van der Waals surface area contributed by atoms with Crippen molar-refractivity contribution >= 4 is 23.6 Å². The zero-order valence-corrected chi connectivity index (χ0v) is 17.3. The molecule has 1 aliphatic rings.